The van der Waals surface area contributed by atoms with Gasteiger partial charge in [0, 0.05) is 29.3 Å². The Morgan fingerprint density at radius 2 is 2.20 bits per heavy atom. The number of thioether (sulfide) groups is 1. The lowest BCUT2D eigenvalue weighted by atomic mass is 10.1. The summed E-state index contributed by atoms with van der Waals surface area (Å²) in [5.41, 5.74) is 0.252. The highest BCUT2D eigenvalue weighted by molar-refractivity contribution is 7.99. The Bertz CT molecular complexity index is 638. The van der Waals surface area contributed by atoms with E-state index in [2.05, 4.69) is 4.98 Å². The molecule has 0 bridgehead atoms. The first-order valence-electron chi connectivity index (χ1n) is 6.61. The van der Waals surface area contributed by atoms with Gasteiger partial charge in [-0.1, -0.05) is 24.3 Å². The molecule has 0 radical (unpaired) electrons. The van der Waals surface area contributed by atoms with Crippen LogP contribution in [-0.2, 0) is 4.74 Å². The van der Waals surface area contributed by atoms with Crippen LogP contribution in [0.25, 0.3) is 10.8 Å². The molecule has 1 aliphatic rings. The van der Waals surface area contributed by atoms with Crippen LogP contribution in [0.15, 0.2) is 35.5 Å². The van der Waals surface area contributed by atoms with Crippen molar-refractivity contribution in [3.05, 3.63) is 36.0 Å². The number of hydrogen-bond acceptors (Lipinski definition) is 4. The fourth-order valence-electron chi connectivity index (χ4n) is 2.40. The predicted molar refractivity (Wildman–Crippen MR) is 78.4 cm³/mol. The molecular formula is C15H15NO3S. The number of aromatic carboxylic acids is 1. The zero-order valence-corrected chi connectivity index (χ0v) is 11.7. The van der Waals surface area contributed by atoms with Gasteiger partial charge in [-0.15, -0.1) is 11.8 Å². The van der Waals surface area contributed by atoms with Gasteiger partial charge in [-0.3, -0.25) is 0 Å². The zero-order valence-electron chi connectivity index (χ0n) is 10.9. The van der Waals surface area contributed by atoms with Gasteiger partial charge < -0.3 is 9.84 Å². The summed E-state index contributed by atoms with van der Waals surface area (Å²) in [6, 6.07) is 7.51. The molecule has 4 nitrogen and oxygen atoms in total. The van der Waals surface area contributed by atoms with Gasteiger partial charge >= 0.3 is 5.97 Å². The molecule has 1 aromatic heterocycles. The van der Waals surface area contributed by atoms with E-state index in [0.29, 0.717) is 6.10 Å². The van der Waals surface area contributed by atoms with Crippen LogP contribution in [0.2, 0.25) is 0 Å². The van der Waals surface area contributed by atoms with Crippen molar-refractivity contribution in [1.82, 2.24) is 4.98 Å². The fourth-order valence-corrected chi connectivity index (χ4v) is 3.47. The molecule has 1 saturated heterocycles. The van der Waals surface area contributed by atoms with Crippen molar-refractivity contribution in [3.63, 3.8) is 0 Å². The van der Waals surface area contributed by atoms with Crippen LogP contribution in [0.1, 0.15) is 23.2 Å². The summed E-state index contributed by atoms with van der Waals surface area (Å²) in [5.74, 6) is -0.0759. The number of aromatic nitrogens is 1. The second-order valence-electron chi connectivity index (χ2n) is 4.77. The molecule has 2 heterocycles. The van der Waals surface area contributed by atoms with Gasteiger partial charge in [-0.05, 0) is 12.8 Å². The van der Waals surface area contributed by atoms with Crippen LogP contribution in [0, 0.1) is 0 Å². The van der Waals surface area contributed by atoms with Crippen LogP contribution >= 0.6 is 11.8 Å². The van der Waals surface area contributed by atoms with Gasteiger partial charge in [-0.2, -0.15) is 0 Å². The molecule has 0 aliphatic carbocycles. The summed E-state index contributed by atoms with van der Waals surface area (Å²) >= 11 is 1.64. The topological polar surface area (TPSA) is 59.4 Å². The zero-order chi connectivity index (χ0) is 13.9. The highest BCUT2D eigenvalue weighted by Crippen LogP contribution is 2.30. The van der Waals surface area contributed by atoms with Crippen molar-refractivity contribution in [2.45, 2.75) is 24.0 Å². The van der Waals surface area contributed by atoms with Crippen LogP contribution in [0.3, 0.4) is 0 Å². The Morgan fingerprint density at radius 1 is 1.40 bits per heavy atom. The number of benzene rings is 1. The number of rotatable bonds is 4. The normalized spacial score (nSPS) is 18.5. The van der Waals surface area contributed by atoms with Gasteiger partial charge in [-0.25, -0.2) is 9.78 Å². The summed E-state index contributed by atoms with van der Waals surface area (Å²) in [4.78, 5) is 15.5. The van der Waals surface area contributed by atoms with E-state index in [1.54, 1.807) is 11.8 Å². The molecule has 20 heavy (non-hydrogen) atoms. The van der Waals surface area contributed by atoms with Crippen molar-refractivity contribution >= 4 is 28.5 Å². The van der Waals surface area contributed by atoms with Gasteiger partial charge in [0.15, 0.2) is 0 Å². The van der Waals surface area contributed by atoms with E-state index < -0.39 is 5.97 Å². The monoisotopic (exact) mass is 289 g/mol. The van der Waals surface area contributed by atoms with E-state index in [-0.39, 0.29) is 5.56 Å². The minimum Gasteiger partial charge on any atom is -0.478 e. The van der Waals surface area contributed by atoms with E-state index in [0.717, 1.165) is 41.0 Å². The first-order valence-corrected chi connectivity index (χ1v) is 7.59. The third kappa shape index (κ3) is 2.64. The molecule has 1 aliphatic heterocycles. The standard InChI is InChI=1S/C15H15NO3S/c17-15(18)13-8-16-14(12-6-2-1-5-11(12)13)20-9-10-4-3-7-19-10/h1-2,5-6,8,10H,3-4,7,9H2,(H,17,18). The highest BCUT2D eigenvalue weighted by Gasteiger charge is 2.18. The number of carboxylic acid groups (broad SMARTS) is 1. The SMILES string of the molecule is O=C(O)c1cnc(SCC2CCCO2)c2ccccc12. The number of carboxylic acids is 1. The van der Waals surface area contributed by atoms with Crippen molar-refractivity contribution in [2.24, 2.45) is 0 Å². The average Bonchev–Trinajstić information content (AvgIpc) is 2.97. The van der Waals surface area contributed by atoms with E-state index in [1.807, 2.05) is 24.3 Å². The minimum absolute atomic E-state index is 0.252. The van der Waals surface area contributed by atoms with Crippen LogP contribution in [-0.4, -0.2) is 34.5 Å². The molecule has 1 unspecified atom stereocenters. The summed E-state index contributed by atoms with van der Waals surface area (Å²) in [7, 11) is 0. The quantitative estimate of drug-likeness (QED) is 0.876. The number of fused-ring (bicyclic) bond motifs is 1. The molecule has 5 heteroatoms. The maximum Gasteiger partial charge on any atom is 0.337 e. The molecular weight excluding hydrogens is 274 g/mol. The van der Waals surface area contributed by atoms with E-state index in [9.17, 15) is 9.90 Å². The lowest BCUT2D eigenvalue weighted by molar-refractivity contribution is 0.0698. The second kappa shape index (κ2) is 5.81. The summed E-state index contributed by atoms with van der Waals surface area (Å²) in [6.45, 7) is 0.845. The number of nitrogens with zero attached hydrogens (tertiary/aromatic N) is 1. The van der Waals surface area contributed by atoms with Crippen LogP contribution in [0.4, 0.5) is 0 Å². The predicted octanol–water partition coefficient (Wildman–Crippen LogP) is 3.20. The summed E-state index contributed by atoms with van der Waals surface area (Å²) < 4.78 is 5.61. The molecule has 3 rings (SSSR count). The van der Waals surface area contributed by atoms with E-state index >= 15 is 0 Å². The first-order chi connectivity index (χ1) is 9.75. The molecule has 1 fully saturated rings. The third-order valence-electron chi connectivity index (χ3n) is 3.42. The Morgan fingerprint density at radius 3 is 2.90 bits per heavy atom. The molecule has 0 spiro atoms. The molecule has 0 amide bonds. The van der Waals surface area contributed by atoms with E-state index in [1.165, 1.54) is 6.20 Å². The molecule has 104 valence electrons. The number of hydrogen-bond donors (Lipinski definition) is 1. The number of carbonyl (C=O) groups is 1. The summed E-state index contributed by atoms with van der Waals surface area (Å²) in [6.07, 6.45) is 3.96. The van der Waals surface area contributed by atoms with Crippen molar-refractivity contribution in [2.75, 3.05) is 12.4 Å². The summed E-state index contributed by atoms with van der Waals surface area (Å²) in [5, 5.41) is 11.7. The Hall–Kier alpha value is -1.59. The molecule has 1 atom stereocenters. The maximum absolute atomic E-state index is 11.2. The number of pyridine rings is 1. The van der Waals surface area contributed by atoms with E-state index in [4.69, 9.17) is 4.74 Å². The van der Waals surface area contributed by atoms with Crippen LogP contribution in [0.5, 0.6) is 0 Å². The second-order valence-corrected chi connectivity index (χ2v) is 5.78. The molecule has 1 N–H and O–H groups in total. The molecule has 2 aromatic rings. The molecule has 0 saturated carbocycles. The van der Waals surface area contributed by atoms with Crippen molar-refractivity contribution in [3.8, 4) is 0 Å². The fraction of sp³-hybridized carbons (Fsp3) is 0.333. The third-order valence-corrected chi connectivity index (χ3v) is 4.56. The Kier molecular flexibility index (Phi) is 3.89. The Labute approximate surface area is 121 Å². The van der Waals surface area contributed by atoms with Gasteiger partial charge in [0.2, 0.25) is 0 Å². The highest BCUT2D eigenvalue weighted by atomic mass is 32.2. The van der Waals surface area contributed by atoms with Crippen molar-refractivity contribution in [1.29, 1.82) is 0 Å². The maximum atomic E-state index is 11.2. The van der Waals surface area contributed by atoms with Crippen molar-refractivity contribution < 1.29 is 14.6 Å². The van der Waals surface area contributed by atoms with Crippen LogP contribution < -0.4 is 0 Å². The number of ether oxygens (including phenoxy) is 1. The van der Waals surface area contributed by atoms with Gasteiger partial charge in [0.05, 0.1) is 11.7 Å². The van der Waals surface area contributed by atoms with Gasteiger partial charge in [0.1, 0.15) is 5.03 Å². The lowest BCUT2D eigenvalue weighted by Gasteiger charge is -2.10. The largest absolute Gasteiger partial charge is 0.478 e. The lowest BCUT2D eigenvalue weighted by Crippen LogP contribution is -2.08. The first kappa shape index (κ1) is 13.4. The Balaban J connectivity index is 1.91. The average molecular weight is 289 g/mol. The minimum atomic E-state index is -0.940. The van der Waals surface area contributed by atoms with Gasteiger partial charge in [0.25, 0.3) is 0 Å². The smallest absolute Gasteiger partial charge is 0.337 e. The molecule has 1 aromatic carbocycles.